The first-order chi connectivity index (χ1) is 10.1. The zero-order valence-electron chi connectivity index (χ0n) is 12.3. The van der Waals surface area contributed by atoms with E-state index in [1.165, 1.54) is 0 Å². The molecule has 0 amide bonds. The van der Waals surface area contributed by atoms with Crippen LogP contribution in [0.15, 0.2) is 24.3 Å². The van der Waals surface area contributed by atoms with E-state index in [2.05, 4.69) is 4.72 Å². The second kappa shape index (κ2) is 5.94. The van der Waals surface area contributed by atoms with Crippen LogP contribution < -0.4 is 9.46 Å². The van der Waals surface area contributed by atoms with Gasteiger partial charge in [0.25, 0.3) is 10.2 Å². The van der Waals surface area contributed by atoms with E-state index in [0.29, 0.717) is 13.1 Å². The van der Waals surface area contributed by atoms with Crippen LogP contribution in [-0.2, 0) is 16.6 Å². The minimum atomic E-state index is -3.40. The maximum absolute atomic E-state index is 12.4. The van der Waals surface area contributed by atoms with Crippen LogP contribution in [0.5, 0.6) is 5.75 Å². The number of ether oxygens (including phenoxy) is 1. The van der Waals surface area contributed by atoms with E-state index in [1.54, 1.807) is 4.31 Å². The topological polar surface area (TPSA) is 58.6 Å². The Kier molecular flexibility index (Phi) is 4.19. The van der Waals surface area contributed by atoms with Crippen LogP contribution in [0, 0.1) is 0 Å². The number of fused-ring (bicyclic) bond motifs is 1. The lowest BCUT2D eigenvalue weighted by molar-refractivity contribution is 0.229. The zero-order chi connectivity index (χ0) is 14.9. The number of piperidine rings is 1. The van der Waals surface area contributed by atoms with Crippen LogP contribution in [0.25, 0.3) is 0 Å². The summed E-state index contributed by atoms with van der Waals surface area (Å²) >= 11 is 0. The summed E-state index contributed by atoms with van der Waals surface area (Å²) in [6, 6.07) is 7.94. The molecule has 116 valence electrons. The number of nitrogens with zero attached hydrogens (tertiary/aromatic N) is 1. The molecule has 21 heavy (non-hydrogen) atoms. The average molecular weight is 310 g/mol. The summed E-state index contributed by atoms with van der Waals surface area (Å²) < 4.78 is 34.8. The van der Waals surface area contributed by atoms with Crippen molar-refractivity contribution in [2.75, 3.05) is 13.1 Å². The summed E-state index contributed by atoms with van der Waals surface area (Å²) in [5.41, 5.74) is 1.15. The fourth-order valence-corrected chi connectivity index (χ4v) is 4.59. The lowest BCUT2D eigenvalue weighted by Gasteiger charge is -2.32. The average Bonchev–Trinajstić information content (AvgIpc) is 2.88. The highest BCUT2D eigenvalue weighted by Crippen LogP contribution is 2.28. The first kappa shape index (κ1) is 14.8. The molecule has 1 aromatic rings. The van der Waals surface area contributed by atoms with Crippen LogP contribution in [0.2, 0.25) is 0 Å². The molecule has 1 fully saturated rings. The number of nitrogens with one attached hydrogen (secondary N) is 1. The fourth-order valence-electron chi connectivity index (χ4n) is 3.08. The fraction of sp³-hybridized carbons (Fsp3) is 0.600. The van der Waals surface area contributed by atoms with Crippen LogP contribution in [0.4, 0.5) is 0 Å². The van der Waals surface area contributed by atoms with Crippen molar-refractivity contribution in [2.45, 2.75) is 44.8 Å². The Morgan fingerprint density at radius 1 is 1.33 bits per heavy atom. The van der Waals surface area contributed by atoms with Crippen molar-refractivity contribution in [1.29, 1.82) is 0 Å². The van der Waals surface area contributed by atoms with Gasteiger partial charge in [-0.3, -0.25) is 0 Å². The van der Waals surface area contributed by atoms with Gasteiger partial charge >= 0.3 is 0 Å². The normalized spacial score (nSPS) is 26.3. The third-order valence-corrected chi connectivity index (χ3v) is 5.95. The van der Waals surface area contributed by atoms with Crippen molar-refractivity contribution >= 4 is 10.2 Å². The maximum Gasteiger partial charge on any atom is 0.279 e. The van der Waals surface area contributed by atoms with Crippen LogP contribution in [-0.4, -0.2) is 38.0 Å². The molecule has 2 aliphatic rings. The second-order valence-electron chi connectivity index (χ2n) is 5.86. The molecular weight excluding hydrogens is 288 g/mol. The molecule has 0 aliphatic carbocycles. The third kappa shape index (κ3) is 3.22. The van der Waals surface area contributed by atoms with Gasteiger partial charge in [0.05, 0.1) is 0 Å². The first-order valence-corrected chi connectivity index (χ1v) is 9.01. The summed E-state index contributed by atoms with van der Waals surface area (Å²) in [4.78, 5) is 0. The van der Waals surface area contributed by atoms with Gasteiger partial charge in [0.1, 0.15) is 11.9 Å². The van der Waals surface area contributed by atoms with Crippen molar-refractivity contribution in [2.24, 2.45) is 0 Å². The largest absolute Gasteiger partial charge is 0.488 e. The number of para-hydroxylation sites is 1. The molecule has 2 aliphatic heterocycles. The Morgan fingerprint density at radius 2 is 2.14 bits per heavy atom. The molecule has 2 atom stereocenters. The van der Waals surface area contributed by atoms with Gasteiger partial charge in [-0.1, -0.05) is 24.6 Å². The lowest BCUT2D eigenvalue weighted by atomic mass is 10.1. The van der Waals surface area contributed by atoms with Crippen molar-refractivity contribution in [3.8, 4) is 5.75 Å². The van der Waals surface area contributed by atoms with E-state index >= 15 is 0 Å². The minimum absolute atomic E-state index is 0.0814. The number of benzene rings is 1. The van der Waals surface area contributed by atoms with Crippen molar-refractivity contribution in [3.05, 3.63) is 29.8 Å². The SMILES string of the molecule is CC1CCCCN1S(=O)(=O)NCC1Cc2ccccc2O1. The molecule has 0 spiro atoms. The van der Waals surface area contributed by atoms with E-state index in [4.69, 9.17) is 4.74 Å². The van der Waals surface area contributed by atoms with Crippen molar-refractivity contribution in [3.63, 3.8) is 0 Å². The van der Waals surface area contributed by atoms with Gasteiger partial charge in [0.15, 0.2) is 0 Å². The standard InChI is InChI=1S/C15H22N2O3S/c1-12-6-4-5-9-17(12)21(18,19)16-11-14-10-13-7-2-3-8-15(13)20-14/h2-3,7-8,12,14,16H,4-6,9-11H2,1H3. The number of hydrogen-bond acceptors (Lipinski definition) is 3. The highest BCUT2D eigenvalue weighted by atomic mass is 32.2. The highest BCUT2D eigenvalue weighted by Gasteiger charge is 2.31. The van der Waals surface area contributed by atoms with E-state index < -0.39 is 10.2 Å². The lowest BCUT2D eigenvalue weighted by Crippen LogP contribution is -2.49. The summed E-state index contributed by atoms with van der Waals surface area (Å²) in [7, 11) is -3.40. The van der Waals surface area contributed by atoms with Crippen molar-refractivity contribution in [1.82, 2.24) is 9.03 Å². The highest BCUT2D eigenvalue weighted by molar-refractivity contribution is 7.87. The maximum atomic E-state index is 12.4. The van der Waals surface area contributed by atoms with Gasteiger partial charge in [0.2, 0.25) is 0 Å². The van der Waals surface area contributed by atoms with Gasteiger partial charge in [-0.05, 0) is 31.4 Å². The van der Waals surface area contributed by atoms with Crippen molar-refractivity contribution < 1.29 is 13.2 Å². The summed E-state index contributed by atoms with van der Waals surface area (Å²) in [6.45, 7) is 2.91. The molecule has 3 rings (SSSR count). The molecule has 0 saturated carbocycles. The molecule has 1 N–H and O–H groups in total. The van der Waals surface area contributed by atoms with Crippen LogP contribution in [0.1, 0.15) is 31.7 Å². The van der Waals surface area contributed by atoms with Crippen LogP contribution in [0.3, 0.4) is 0 Å². The van der Waals surface area contributed by atoms with Gasteiger partial charge in [0, 0.05) is 25.6 Å². The summed E-state index contributed by atoms with van der Waals surface area (Å²) in [5, 5.41) is 0. The minimum Gasteiger partial charge on any atom is -0.488 e. The predicted molar refractivity (Wildman–Crippen MR) is 81.5 cm³/mol. The van der Waals surface area contributed by atoms with E-state index in [0.717, 1.165) is 37.0 Å². The molecule has 2 heterocycles. The molecule has 6 heteroatoms. The Hall–Kier alpha value is -1.11. The Balaban J connectivity index is 1.58. The van der Waals surface area contributed by atoms with E-state index in [9.17, 15) is 8.42 Å². The summed E-state index contributed by atoms with van der Waals surface area (Å²) in [6.07, 6.45) is 3.63. The van der Waals surface area contributed by atoms with Gasteiger partial charge < -0.3 is 4.74 Å². The summed E-state index contributed by atoms with van der Waals surface area (Å²) in [5.74, 6) is 0.869. The van der Waals surface area contributed by atoms with E-state index in [1.807, 2.05) is 31.2 Å². The number of hydrogen-bond donors (Lipinski definition) is 1. The first-order valence-electron chi connectivity index (χ1n) is 7.57. The second-order valence-corrected chi connectivity index (χ2v) is 7.57. The van der Waals surface area contributed by atoms with Gasteiger partial charge in [-0.25, -0.2) is 0 Å². The van der Waals surface area contributed by atoms with Crippen LogP contribution >= 0.6 is 0 Å². The number of rotatable bonds is 4. The Morgan fingerprint density at radius 3 is 2.90 bits per heavy atom. The smallest absolute Gasteiger partial charge is 0.279 e. The molecule has 1 saturated heterocycles. The molecule has 5 nitrogen and oxygen atoms in total. The molecular formula is C15H22N2O3S. The Labute approximate surface area is 126 Å². The monoisotopic (exact) mass is 310 g/mol. The van der Waals surface area contributed by atoms with Gasteiger partial charge in [-0.15, -0.1) is 0 Å². The molecule has 0 aromatic heterocycles. The quantitative estimate of drug-likeness (QED) is 0.921. The zero-order valence-corrected chi connectivity index (χ0v) is 13.1. The Bertz CT molecular complexity index is 578. The molecule has 1 aromatic carbocycles. The van der Waals surface area contributed by atoms with Gasteiger partial charge in [-0.2, -0.15) is 17.4 Å². The molecule has 0 radical (unpaired) electrons. The third-order valence-electron chi connectivity index (χ3n) is 4.26. The molecule has 2 unspecified atom stereocenters. The molecule has 0 bridgehead atoms. The predicted octanol–water partition coefficient (Wildman–Crippen LogP) is 1.70. The van der Waals surface area contributed by atoms with E-state index in [-0.39, 0.29) is 12.1 Å².